The van der Waals surface area contributed by atoms with Crippen molar-refractivity contribution in [2.75, 3.05) is 35.2 Å². The van der Waals surface area contributed by atoms with Gasteiger partial charge >= 0.3 is 0 Å². The summed E-state index contributed by atoms with van der Waals surface area (Å²) in [4.78, 5) is 20.5. The average molecular weight is 357 g/mol. The van der Waals surface area contributed by atoms with E-state index in [0.717, 1.165) is 29.8 Å². The van der Waals surface area contributed by atoms with Crippen LogP contribution in [0.1, 0.15) is 41.6 Å². The number of aliphatic imine (C=N–C) groups is 1. The number of carbonyl (C=O) groups excluding carboxylic acids is 1. The van der Waals surface area contributed by atoms with Crippen LogP contribution in [-0.4, -0.2) is 68.9 Å². The van der Waals surface area contributed by atoms with Crippen molar-refractivity contribution in [3.63, 3.8) is 0 Å². The number of hydrogen-bond acceptors (Lipinski definition) is 3. The highest BCUT2D eigenvalue weighted by Crippen LogP contribution is 2.23. The van der Waals surface area contributed by atoms with E-state index in [1.54, 1.807) is 26.0 Å². The van der Waals surface area contributed by atoms with Gasteiger partial charge in [-0.25, -0.2) is 0 Å². The van der Waals surface area contributed by atoms with E-state index in [4.69, 9.17) is 0 Å². The minimum atomic E-state index is -0.00963. The van der Waals surface area contributed by atoms with Crippen LogP contribution in [0.5, 0.6) is 0 Å². The number of rotatable bonds is 5. The second kappa shape index (κ2) is 8.99. The molecular formula is C21H32N4O. The first-order valence-electron chi connectivity index (χ1n) is 9.24. The molecule has 0 saturated heterocycles. The Kier molecular flexibility index (Phi) is 6.98. The lowest BCUT2D eigenvalue weighted by molar-refractivity contribution is 0.0827. The molecule has 142 valence electrons. The fourth-order valence-electron chi connectivity index (χ4n) is 3.45. The molecule has 0 unspecified atom stereocenters. The fraction of sp³-hybridized carbons (Fsp3) is 0.524. The summed E-state index contributed by atoms with van der Waals surface area (Å²) in [6.45, 7) is 4.22. The number of amides is 1. The predicted octanol–water partition coefficient (Wildman–Crippen LogP) is 2.89. The number of nitrogens with zero attached hydrogens (tertiary/aromatic N) is 3. The minimum Gasteiger partial charge on any atom is -0.367 e. The molecule has 1 fully saturated rings. The van der Waals surface area contributed by atoms with Crippen molar-refractivity contribution in [1.82, 2.24) is 15.1 Å². The summed E-state index contributed by atoms with van der Waals surface area (Å²) in [5.74, 6) is 0.803. The summed E-state index contributed by atoms with van der Waals surface area (Å²) < 4.78 is 0. The minimum absolute atomic E-state index is 0.00963. The Morgan fingerprint density at radius 3 is 2.27 bits per heavy atom. The van der Waals surface area contributed by atoms with Gasteiger partial charge in [-0.15, -0.1) is 0 Å². The van der Waals surface area contributed by atoms with E-state index in [1.165, 1.54) is 12.8 Å². The maximum Gasteiger partial charge on any atom is 0.253 e. The second-order valence-electron chi connectivity index (χ2n) is 7.44. The van der Waals surface area contributed by atoms with Gasteiger partial charge in [0.2, 0.25) is 0 Å². The van der Waals surface area contributed by atoms with Gasteiger partial charge in [-0.1, -0.05) is 18.7 Å². The molecule has 1 aliphatic rings. The molecule has 1 aromatic carbocycles. The van der Waals surface area contributed by atoms with Crippen LogP contribution < -0.4 is 5.32 Å². The lowest BCUT2D eigenvalue weighted by Gasteiger charge is -2.33. The number of carbonyl (C=O) groups is 1. The first kappa shape index (κ1) is 20.2. The molecule has 1 N–H and O–H groups in total. The van der Waals surface area contributed by atoms with Crippen molar-refractivity contribution in [3.8, 4) is 0 Å². The van der Waals surface area contributed by atoms with Crippen molar-refractivity contribution in [3.05, 3.63) is 42.0 Å². The van der Waals surface area contributed by atoms with E-state index < -0.39 is 0 Å². The summed E-state index contributed by atoms with van der Waals surface area (Å²) in [6.07, 6.45) is 4.66. The molecule has 1 amide bonds. The van der Waals surface area contributed by atoms with E-state index >= 15 is 0 Å². The largest absolute Gasteiger partial charge is 0.367 e. The van der Waals surface area contributed by atoms with Crippen LogP contribution in [0.3, 0.4) is 0 Å². The third-order valence-electron chi connectivity index (χ3n) is 5.14. The second-order valence-corrected chi connectivity index (χ2v) is 7.44. The third-order valence-corrected chi connectivity index (χ3v) is 5.14. The molecule has 2 rings (SSSR count). The third kappa shape index (κ3) is 4.94. The van der Waals surface area contributed by atoms with Gasteiger partial charge in [-0.05, 0) is 57.5 Å². The van der Waals surface area contributed by atoms with Gasteiger partial charge in [-0.2, -0.15) is 0 Å². The molecule has 5 heteroatoms. The Morgan fingerprint density at radius 2 is 1.73 bits per heavy atom. The van der Waals surface area contributed by atoms with Crippen molar-refractivity contribution >= 4 is 17.3 Å². The molecule has 0 spiro atoms. The maximum absolute atomic E-state index is 12.2. The summed E-state index contributed by atoms with van der Waals surface area (Å²) in [5.41, 5.74) is 2.42. The van der Waals surface area contributed by atoms with Gasteiger partial charge in [0.05, 0.1) is 0 Å². The normalized spacial score (nSPS) is 20.8. The van der Waals surface area contributed by atoms with Crippen LogP contribution in [0.2, 0.25) is 0 Å². The highest BCUT2D eigenvalue weighted by molar-refractivity contribution is 6.22. The molecule has 1 saturated carbocycles. The molecule has 1 aliphatic carbocycles. The number of benzene rings is 1. The SMILES string of the molecule is C=C(C(=NC)NC1CCC(N(C)C)CC1)c1cccc(C(=O)N(C)C)c1. The van der Waals surface area contributed by atoms with E-state index in [2.05, 4.69) is 35.9 Å². The maximum atomic E-state index is 12.2. The van der Waals surface area contributed by atoms with Crippen LogP contribution >= 0.6 is 0 Å². The van der Waals surface area contributed by atoms with Gasteiger partial charge in [0, 0.05) is 44.4 Å². The predicted molar refractivity (Wildman–Crippen MR) is 110 cm³/mol. The lowest BCUT2D eigenvalue weighted by atomic mass is 9.90. The van der Waals surface area contributed by atoms with E-state index in [9.17, 15) is 4.79 Å². The van der Waals surface area contributed by atoms with Gasteiger partial charge < -0.3 is 15.1 Å². The first-order valence-corrected chi connectivity index (χ1v) is 9.24. The molecule has 0 radical (unpaired) electrons. The molecule has 26 heavy (non-hydrogen) atoms. The Hall–Kier alpha value is -2.14. The van der Waals surface area contributed by atoms with Gasteiger partial charge in [0.1, 0.15) is 5.84 Å². The van der Waals surface area contributed by atoms with E-state index in [1.807, 2.05) is 24.3 Å². The molecule has 0 atom stereocenters. The molecule has 0 aromatic heterocycles. The quantitative estimate of drug-likeness (QED) is 0.652. The standard InChI is InChI=1S/C21H32N4O/c1-15(16-8-7-9-17(14-16)21(26)25(5)6)20(22-2)23-18-10-12-19(13-11-18)24(3)4/h7-9,14,18-19H,1,10-13H2,2-6H3,(H,22,23). The first-order chi connectivity index (χ1) is 12.3. The molecular weight excluding hydrogens is 324 g/mol. The van der Waals surface area contributed by atoms with Crippen LogP contribution in [0.15, 0.2) is 35.8 Å². The molecule has 0 aliphatic heterocycles. The van der Waals surface area contributed by atoms with Crippen LogP contribution in [-0.2, 0) is 0 Å². The number of nitrogens with one attached hydrogen (secondary N) is 1. The van der Waals surface area contributed by atoms with E-state index in [-0.39, 0.29) is 5.91 Å². The van der Waals surface area contributed by atoms with Gasteiger partial charge in [0.15, 0.2) is 0 Å². The monoisotopic (exact) mass is 356 g/mol. The number of hydrogen-bond donors (Lipinski definition) is 1. The fourth-order valence-corrected chi connectivity index (χ4v) is 3.45. The summed E-state index contributed by atoms with van der Waals surface area (Å²) in [7, 11) is 9.61. The van der Waals surface area contributed by atoms with Crippen molar-refractivity contribution in [2.24, 2.45) is 4.99 Å². The zero-order valence-corrected chi connectivity index (χ0v) is 16.7. The Morgan fingerprint density at radius 1 is 1.12 bits per heavy atom. The Labute approximate surface area is 157 Å². The van der Waals surface area contributed by atoms with Crippen molar-refractivity contribution in [1.29, 1.82) is 0 Å². The summed E-state index contributed by atoms with van der Waals surface area (Å²) >= 11 is 0. The van der Waals surface area contributed by atoms with Crippen molar-refractivity contribution < 1.29 is 4.79 Å². The zero-order chi connectivity index (χ0) is 19.3. The van der Waals surface area contributed by atoms with Gasteiger partial charge in [-0.3, -0.25) is 9.79 Å². The number of amidine groups is 1. The van der Waals surface area contributed by atoms with Crippen LogP contribution in [0, 0.1) is 0 Å². The lowest BCUT2D eigenvalue weighted by Crippen LogP contribution is -2.42. The Balaban J connectivity index is 2.06. The van der Waals surface area contributed by atoms with Gasteiger partial charge in [0.25, 0.3) is 5.91 Å². The highest BCUT2D eigenvalue weighted by atomic mass is 16.2. The molecule has 5 nitrogen and oxygen atoms in total. The molecule has 0 bridgehead atoms. The van der Waals surface area contributed by atoms with Crippen LogP contribution in [0.4, 0.5) is 0 Å². The smallest absolute Gasteiger partial charge is 0.253 e. The summed E-state index contributed by atoms with van der Waals surface area (Å²) in [5, 5.41) is 3.57. The van der Waals surface area contributed by atoms with Crippen LogP contribution in [0.25, 0.3) is 5.57 Å². The average Bonchev–Trinajstić information content (AvgIpc) is 2.65. The highest BCUT2D eigenvalue weighted by Gasteiger charge is 2.23. The zero-order valence-electron chi connectivity index (χ0n) is 16.7. The molecule has 1 aromatic rings. The molecule has 0 heterocycles. The summed E-state index contributed by atoms with van der Waals surface area (Å²) in [6, 6.07) is 8.69. The Bertz CT molecular complexity index is 670. The topological polar surface area (TPSA) is 47.9 Å². The van der Waals surface area contributed by atoms with Crippen molar-refractivity contribution in [2.45, 2.75) is 37.8 Å². The van der Waals surface area contributed by atoms with E-state index in [0.29, 0.717) is 17.6 Å².